The number of thioether (sulfide) groups is 8. The van der Waals surface area contributed by atoms with Gasteiger partial charge in [0.1, 0.15) is 24.4 Å². The Hall–Kier alpha value is -5.56. The Balaban J connectivity index is -0.000000163. The SMILES string of the molecule is CN=C=O.CN=C=S.CNC(=O)SCC(SC(=O)NC)C(=O)O.CNC(=S)SCC(SC(=S)NC)C(=O)O.COC(=O)ON1C(=O)CCC1=O.COC(=O)SCC(SC(=O)OC)C(=O)O.COCCC(=O)ON1C(=O)CCC1=O.COCCC(=O)SC(SC(=O)CCOC)C(=O)O.O=C(O)C(S)CCCCS.O=C(O)C(S)CCCCS.O=C(O)C(S)CCCCS.O=C(O)C(S)CCCCS. The number of rotatable bonds is 46. The van der Waals surface area contributed by atoms with Crippen LogP contribution in [0.4, 0.5) is 24.0 Å². The van der Waals surface area contributed by atoms with E-state index in [1.165, 1.54) is 67.4 Å². The molecule has 7 atom stereocenters. The number of aliphatic carboxylic acids is 8. The van der Waals surface area contributed by atoms with Crippen molar-refractivity contribution < 1.29 is 180 Å². The van der Waals surface area contributed by atoms with Crippen LogP contribution < -0.4 is 21.3 Å². The second kappa shape index (κ2) is 106. The first-order valence-electron chi connectivity index (χ1n) is 38.7. The van der Waals surface area contributed by atoms with Gasteiger partial charge in [0.25, 0.3) is 34.1 Å². The van der Waals surface area contributed by atoms with Gasteiger partial charge < -0.3 is 95.4 Å². The third-order valence-electron chi connectivity index (χ3n) is 13.4. The molecule has 0 aliphatic carbocycles. The highest BCUT2D eigenvalue weighted by molar-refractivity contribution is 8.30. The molecule has 790 valence electrons. The largest absolute Gasteiger partial charge is 0.533 e. The number of methoxy groups -OCH3 is 6. The Morgan fingerprint density at radius 2 is 0.708 bits per heavy atom. The summed E-state index contributed by atoms with van der Waals surface area (Å²) in [6, 6.07) is 0. The summed E-state index contributed by atoms with van der Waals surface area (Å²) in [6.45, 7) is 0.677. The Morgan fingerprint density at radius 3 is 0.978 bits per heavy atom. The average Bonchev–Trinajstić information content (AvgIpc) is 1.73. The zero-order chi connectivity index (χ0) is 108. The molecule has 12 N–H and O–H groups in total. The normalized spacial score (nSPS) is 12.4. The van der Waals surface area contributed by atoms with Gasteiger partial charge in [-0.15, -0.1) is 5.06 Å². The van der Waals surface area contributed by atoms with Crippen molar-refractivity contribution in [1.82, 2.24) is 31.4 Å². The zero-order valence-corrected chi connectivity index (χ0v) is 92.5. The van der Waals surface area contributed by atoms with Crippen LogP contribution in [0, 0.1) is 0 Å². The first-order chi connectivity index (χ1) is 64.4. The number of isocyanates is 1. The molecule has 2 heterocycles. The number of ether oxygens (including phenoxy) is 6. The maximum Gasteiger partial charge on any atom is 0.533 e. The molecule has 0 aromatic rings. The third kappa shape index (κ3) is 105. The number of unbranched alkanes of at least 4 members (excludes halogenated alkanes) is 4. The summed E-state index contributed by atoms with van der Waals surface area (Å²) in [5.41, 5.74) is 0. The summed E-state index contributed by atoms with van der Waals surface area (Å²) in [6.07, 6.45) is 10.9. The number of carboxylic acid groups (broad SMARTS) is 8. The van der Waals surface area contributed by atoms with E-state index in [1.807, 2.05) is 0 Å². The molecule has 2 aliphatic heterocycles. The summed E-state index contributed by atoms with van der Waals surface area (Å²) in [5, 5.41) is 74.9. The van der Waals surface area contributed by atoms with Crippen molar-refractivity contribution in [3.05, 3.63) is 0 Å². The number of nitrogens with one attached hydrogen (secondary N) is 4. The minimum Gasteiger partial charge on any atom is -0.480 e. The lowest BCUT2D eigenvalue weighted by Crippen LogP contribution is -2.32. The van der Waals surface area contributed by atoms with Crippen LogP contribution in [0.3, 0.4) is 0 Å². The Morgan fingerprint density at radius 1 is 0.401 bits per heavy atom. The van der Waals surface area contributed by atoms with E-state index < -0.39 is 141 Å². The summed E-state index contributed by atoms with van der Waals surface area (Å²) in [4.78, 5) is 239. The smallest absolute Gasteiger partial charge is 0.480 e. The van der Waals surface area contributed by atoms with Gasteiger partial charge in [-0.1, -0.05) is 114 Å². The highest BCUT2D eigenvalue weighted by atomic mass is 32.2. The predicted molar refractivity (Wildman–Crippen MR) is 567 cm³/mol. The van der Waals surface area contributed by atoms with Crippen LogP contribution in [0.2, 0.25) is 0 Å². The van der Waals surface area contributed by atoms with E-state index in [0.29, 0.717) is 109 Å². The summed E-state index contributed by atoms with van der Waals surface area (Å²) < 4.78 is 26.7. The number of amides is 6. The van der Waals surface area contributed by atoms with Gasteiger partial charge in [0.15, 0.2) is 14.8 Å². The number of thiocarbonyl (C=S) groups is 3. The molecular formula is C73H122N8O37S19. The number of imide groups is 2. The van der Waals surface area contributed by atoms with Crippen molar-refractivity contribution in [1.29, 1.82) is 0 Å². The molecule has 7 unspecified atom stereocenters. The van der Waals surface area contributed by atoms with Crippen LogP contribution >= 0.6 is 232 Å². The fourth-order valence-corrected chi connectivity index (χ4v) is 15.2. The van der Waals surface area contributed by atoms with Gasteiger partial charge in [-0.05, 0) is 122 Å². The van der Waals surface area contributed by atoms with E-state index in [0.717, 1.165) is 112 Å². The number of hydrogen-bond acceptors (Lipinski definition) is 50. The molecule has 137 heavy (non-hydrogen) atoms. The monoisotopic (exact) mass is 2310 g/mol. The maximum absolute atomic E-state index is 11.4. The van der Waals surface area contributed by atoms with Gasteiger partial charge in [-0.25, -0.2) is 34.0 Å². The summed E-state index contributed by atoms with van der Waals surface area (Å²) in [5.74, 6) is -6.66. The molecular weight excluding hydrogens is 2190 g/mol. The van der Waals surface area contributed by atoms with Crippen LogP contribution in [0.5, 0.6) is 0 Å². The molecule has 64 heteroatoms. The molecule has 0 bridgehead atoms. The number of hydroxylamine groups is 4. The van der Waals surface area contributed by atoms with Crippen LogP contribution in [0.15, 0.2) is 9.98 Å². The lowest BCUT2D eigenvalue weighted by molar-refractivity contribution is -0.198. The fraction of sp³-hybridized carbons (Fsp3) is 0.671. The van der Waals surface area contributed by atoms with Crippen LogP contribution in [-0.4, -0.2) is 372 Å². The number of thiol groups is 8. The van der Waals surface area contributed by atoms with Crippen LogP contribution in [-0.2, 0) is 115 Å². The second-order valence-electron chi connectivity index (χ2n) is 23.8. The number of nitrogens with zero attached hydrogens (tertiary/aromatic N) is 4. The minimum absolute atomic E-state index is 0.0214. The van der Waals surface area contributed by atoms with E-state index >= 15 is 0 Å². The Kier molecular flexibility index (Phi) is 118. The molecule has 0 saturated carbocycles. The predicted octanol–water partition coefficient (Wildman–Crippen LogP) is 9.94. The molecule has 0 aromatic heterocycles. The summed E-state index contributed by atoms with van der Waals surface area (Å²) >= 11 is 51.8. The van der Waals surface area contributed by atoms with Crippen LogP contribution in [0.1, 0.15) is 122 Å². The van der Waals surface area contributed by atoms with E-state index in [4.69, 9.17) is 79.6 Å². The quantitative estimate of drug-likeness (QED) is 0.00310. The first kappa shape index (κ1) is 152. The first-order valence-corrected chi connectivity index (χ1v) is 51.9. The molecule has 0 spiro atoms. The molecule has 2 fully saturated rings. The number of carbonyl (C=O) groups excluding carboxylic acids is 13. The van der Waals surface area contributed by atoms with Gasteiger partial charge in [0.2, 0.25) is 6.08 Å². The number of aliphatic imine (C=N–C) groups is 2. The van der Waals surface area contributed by atoms with Gasteiger partial charge in [0, 0.05) is 119 Å². The van der Waals surface area contributed by atoms with Crippen molar-refractivity contribution in [2.24, 2.45) is 9.98 Å². The highest BCUT2D eigenvalue weighted by Crippen LogP contribution is 2.28. The Labute approximate surface area is 887 Å². The fourth-order valence-electron chi connectivity index (χ4n) is 6.56. The third-order valence-corrected chi connectivity index (χ3v) is 26.8. The lowest BCUT2D eigenvalue weighted by Gasteiger charge is -2.11. The van der Waals surface area contributed by atoms with E-state index in [-0.39, 0.29) is 91.7 Å². The van der Waals surface area contributed by atoms with Crippen molar-refractivity contribution in [3.8, 4) is 0 Å². The number of carboxylic acids is 8. The number of isothiocyanates is 1. The highest BCUT2D eigenvalue weighted by Gasteiger charge is 2.35. The zero-order valence-electron chi connectivity index (χ0n) is 76.4. The van der Waals surface area contributed by atoms with Gasteiger partial charge in [-0.3, -0.25) is 81.6 Å². The molecule has 0 aromatic carbocycles. The molecule has 0 radical (unpaired) electrons. The topological polar surface area (TPSA) is 673 Å². The van der Waals surface area contributed by atoms with E-state index in [9.17, 15) is 95.9 Å². The van der Waals surface area contributed by atoms with Crippen molar-refractivity contribution in [2.45, 2.75) is 163 Å². The lowest BCUT2D eigenvalue weighted by atomic mass is 10.2. The molecule has 2 saturated heterocycles. The standard InChI is InChI=1S/C10H16O6S2.C8H11NO5.C7H12N2O4S2.C7H12N2O2S4.C7H10O6S2.C6H7NO5.4C6H12O2S2.C2H3NO.C2H3NS/c1-15-5-3-7(11)17-10(9(13)14)18-8(12)4-6-16-2;1-13-5-4-8(12)14-9-6(10)2-3-7(9)11;2*1-8-6(12)14-3-4(5(10)11)15-7(13)9-2;1-12-6(10)14-3-4(5(8)9)15-7(11)13-2;1-11-6(10)12-7-4(8)2-3-5(7)9;4*7-6(8)5(10)3-1-2-4-9;2*1-3-2-4/h10H,3-6H2,1-2H3,(H,13,14);2-5H2,1H3;2*4H,3H2,1-2H3,(H,8,12)(H,9,13)(H,10,11);4H,3H2,1-2H3,(H,8,9);2-3H2,1H3;4*5,9-10H,1-4H2,(H,7,8);2*1H3. The second-order valence-corrected chi connectivity index (χ2v) is 38.7. The average molecular weight is 2310 g/mol. The van der Waals surface area contributed by atoms with Gasteiger partial charge >= 0.3 is 70.5 Å². The maximum atomic E-state index is 11.4. The Bertz CT molecular complexity index is 3370. The van der Waals surface area contributed by atoms with Crippen molar-refractivity contribution >= 4 is 366 Å². The molecule has 2 aliphatic rings. The number of hydrogen-bond donors (Lipinski definition) is 20. The van der Waals surface area contributed by atoms with E-state index in [2.05, 4.69) is 178 Å². The molecule has 2 rings (SSSR count). The van der Waals surface area contributed by atoms with Crippen LogP contribution in [0.25, 0.3) is 0 Å². The van der Waals surface area contributed by atoms with Gasteiger partial charge in [0.05, 0.1) is 73.7 Å². The number of carbonyl (C=O) groups is 20. The van der Waals surface area contributed by atoms with Crippen molar-refractivity contribution in [2.75, 3.05) is 145 Å². The van der Waals surface area contributed by atoms with Gasteiger partial charge in [-0.2, -0.15) is 101 Å². The minimum atomic E-state index is -1.19. The van der Waals surface area contributed by atoms with Crippen molar-refractivity contribution in [3.63, 3.8) is 0 Å². The molecule has 45 nitrogen and oxygen atoms in total. The summed E-state index contributed by atoms with van der Waals surface area (Å²) in [7, 11) is 17.0. The van der Waals surface area contributed by atoms with E-state index in [1.54, 1.807) is 21.1 Å². The molecule has 6 amide bonds.